The molecule has 1 aliphatic heterocycles. The fraction of sp³-hybridized carbons (Fsp3) is 0.333. The third-order valence-electron chi connectivity index (χ3n) is 4.07. The lowest BCUT2D eigenvalue weighted by atomic mass is 9.97. The molecule has 3 heteroatoms. The van der Waals surface area contributed by atoms with Crippen LogP contribution in [0.3, 0.4) is 0 Å². The number of benzene rings is 2. The minimum Gasteiger partial charge on any atom is -0.372 e. The van der Waals surface area contributed by atoms with Gasteiger partial charge < -0.3 is 10.1 Å². The number of nitrogens with one attached hydrogen (secondary N) is 1. The molecule has 0 saturated carbocycles. The molecule has 0 bridgehead atoms. The second-order valence-electron chi connectivity index (χ2n) is 5.46. The summed E-state index contributed by atoms with van der Waals surface area (Å²) in [5.74, 6) is 0. The lowest BCUT2D eigenvalue weighted by molar-refractivity contribution is 0.0410. The van der Waals surface area contributed by atoms with Crippen molar-refractivity contribution in [3.05, 3.63) is 70.2 Å². The molecule has 0 amide bonds. The molecule has 2 aromatic carbocycles. The molecular formula is C18H20ClNO. The van der Waals surface area contributed by atoms with E-state index in [1.807, 2.05) is 18.2 Å². The number of ether oxygens (including phenoxy) is 1. The largest absolute Gasteiger partial charge is 0.372 e. The maximum atomic E-state index is 6.25. The molecule has 0 radical (unpaired) electrons. The lowest BCUT2D eigenvalue weighted by Gasteiger charge is -2.27. The average Bonchev–Trinajstić information content (AvgIpc) is 2.53. The number of hydrogen-bond donors (Lipinski definition) is 1. The van der Waals surface area contributed by atoms with Gasteiger partial charge in [0, 0.05) is 17.6 Å². The molecule has 0 saturated heterocycles. The first kappa shape index (κ1) is 14.6. The average molecular weight is 302 g/mol. The Hall–Kier alpha value is -1.35. The summed E-state index contributed by atoms with van der Waals surface area (Å²) in [5, 5.41) is 4.35. The molecule has 1 unspecified atom stereocenters. The second kappa shape index (κ2) is 6.61. The highest BCUT2D eigenvalue weighted by Crippen LogP contribution is 2.28. The summed E-state index contributed by atoms with van der Waals surface area (Å²) in [5.41, 5.74) is 3.84. The second-order valence-corrected chi connectivity index (χ2v) is 5.87. The Labute approximate surface area is 131 Å². The van der Waals surface area contributed by atoms with Gasteiger partial charge in [0.25, 0.3) is 0 Å². The van der Waals surface area contributed by atoms with Crippen LogP contribution in [0.25, 0.3) is 0 Å². The van der Waals surface area contributed by atoms with E-state index < -0.39 is 0 Å². The molecule has 2 atom stereocenters. The van der Waals surface area contributed by atoms with Gasteiger partial charge in [-0.25, -0.2) is 0 Å². The molecule has 21 heavy (non-hydrogen) atoms. The topological polar surface area (TPSA) is 21.3 Å². The third kappa shape index (κ3) is 3.29. The normalized spacial score (nSPS) is 19.0. The highest BCUT2D eigenvalue weighted by molar-refractivity contribution is 6.31. The van der Waals surface area contributed by atoms with Crippen LogP contribution in [0.2, 0.25) is 5.02 Å². The first-order valence-corrected chi connectivity index (χ1v) is 7.80. The molecule has 3 rings (SSSR count). The Morgan fingerprint density at radius 3 is 2.81 bits per heavy atom. The zero-order chi connectivity index (χ0) is 14.7. The summed E-state index contributed by atoms with van der Waals surface area (Å²) in [6.45, 7) is 3.73. The van der Waals surface area contributed by atoms with Crippen molar-refractivity contribution in [3.8, 4) is 0 Å². The van der Waals surface area contributed by atoms with Crippen LogP contribution in [-0.2, 0) is 11.2 Å². The summed E-state index contributed by atoms with van der Waals surface area (Å²) in [6.07, 6.45) is 1.13. The van der Waals surface area contributed by atoms with Gasteiger partial charge in [-0.2, -0.15) is 0 Å². The van der Waals surface area contributed by atoms with Crippen molar-refractivity contribution in [1.29, 1.82) is 0 Å². The number of fused-ring (bicyclic) bond motifs is 1. The van der Waals surface area contributed by atoms with Gasteiger partial charge in [0.15, 0.2) is 0 Å². The Kier molecular flexibility index (Phi) is 4.59. The first-order valence-electron chi connectivity index (χ1n) is 7.43. The number of hydrogen-bond acceptors (Lipinski definition) is 2. The van der Waals surface area contributed by atoms with E-state index in [0.717, 1.165) is 30.2 Å². The van der Waals surface area contributed by atoms with E-state index in [1.54, 1.807) is 0 Å². The molecular weight excluding hydrogens is 282 g/mol. The smallest absolute Gasteiger partial charge is 0.0952 e. The highest BCUT2D eigenvalue weighted by atomic mass is 35.5. The fourth-order valence-electron chi connectivity index (χ4n) is 2.87. The SMILES string of the molecule is C[C@H](NCC1OCCc2ccccc21)c1ccccc1Cl. The minimum atomic E-state index is 0.125. The van der Waals surface area contributed by atoms with E-state index in [4.69, 9.17) is 16.3 Å². The molecule has 0 aromatic heterocycles. The Morgan fingerprint density at radius 1 is 1.19 bits per heavy atom. The minimum absolute atomic E-state index is 0.125. The molecule has 110 valence electrons. The Morgan fingerprint density at radius 2 is 1.95 bits per heavy atom. The molecule has 0 fully saturated rings. The maximum absolute atomic E-state index is 6.25. The van der Waals surface area contributed by atoms with Crippen LogP contribution in [0.5, 0.6) is 0 Å². The number of halogens is 1. The molecule has 1 N–H and O–H groups in total. The van der Waals surface area contributed by atoms with Crippen LogP contribution >= 0.6 is 11.6 Å². The van der Waals surface area contributed by atoms with Crippen molar-refractivity contribution in [3.63, 3.8) is 0 Å². The molecule has 0 spiro atoms. The van der Waals surface area contributed by atoms with Gasteiger partial charge in [0.1, 0.15) is 0 Å². The van der Waals surface area contributed by atoms with Crippen LogP contribution in [0.15, 0.2) is 48.5 Å². The summed E-state index contributed by atoms with van der Waals surface area (Å²) < 4.78 is 5.93. The van der Waals surface area contributed by atoms with E-state index in [0.29, 0.717) is 0 Å². The lowest BCUT2D eigenvalue weighted by Crippen LogP contribution is -2.29. The molecule has 2 aromatic rings. The van der Waals surface area contributed by atoms with E-state index in [1.165, 1.54) is 11.1 Å². The van der Waals surface area contributed by atoms with Crippen LogP contribution in [0, 0.1) is 0 Å². The van der Waals surface area contributed by atoms with E-state index in [9.17, 15) is 0 Å². The van der Waals surface area contributed by atoms with Gasteiger partial charge in [-0.1, -0.05) is 54.1 Å². The Bertz CT molecular complexity index is 614. The molecule has 2 nitrogen and oxygen atoms in total. The summed E-state index contributed by atoms with van der Waals surface area (Å²) in [6, 6.07) is 16.7. The van der Waals surface area contributed by atoms with Crippen LogP contribution in [0.1, 0.15) is 35.8 Å². The summed E-state index contributed by atoms with van der Waals surface area (Å²) in [4.78, 5) is 0. The van der Waals surface area contributed by atoms with Crippen molar-refractivity contribution in [2.45, 2.75) is 25.5 Å². The molecule has 0 aliphatic carbocycles. The summed E-state index contributed by atoms with van der Waals surface area (Å²) in [7, 11) is 0. The van der Waals surface area contributed by atoms with Gasteiger partial charge in [0.05, 0.1) is 12.7 Å². The van der Waals surface area contributed by atoms with Gasteiger partial charge >= 0.3 is 0 Å². The van der Waals surface area contributed by atoms with Crippen LogP contribution < -0.4 is 5.32 Å². The van der Waals surface area contributed by atoms with Crippen molar-refractivity contribution >= 4 is 11.6 Å². The third-order valence-corrected chi connectivity index (χ3v) is 4.42. The van der Waals surface area contributed by atoms with Gasteiger partial charge in [-0.05, 0) is 36.1 Å². The van der Waals surface area contributed by atoms with Gasteiger partial charge in [-0.3, -0.25) is 0 Å². The van der Waals surface area contributed by atoms with Crippen molar-refractivity contribution in [2.75, 3.05) is 13.2 Å². The predicted octanol–water partition coefficient (Wildman–Crippen LogP) is 4.30. The quantitative estimate of drug-likeness (QED) is 0.909. The number of rotatable bonds is 4. The van der Waals surface area contributed by atoms with E-state index in [-0.39, 0.29) is 12.1 Å². The predicted molar refractivity (Wildman–Crippen MR) is 86.7 cm³/mol. The standard InChI is InChI=1S/C18H20ClNO/c1-13(15-7-4-5-9-17(15)19)20-12-18-16-8-3-2-6-14(16)10-11-21-18/h2-9,13,18,20H,10-12H2,1H3/t13-,18?/m0/s1. The highest BCUT2D eigenvalue weighted by Gasteiger charge is 2.21. The monoisotopic (exact) mass is 301 g/mol. The van der Waals surface area contributed by atoms with Gasteiger partial charge in [0.2, 0.25) is 0 Å². The van der Waals surface area contributed by atoms with Gasteiger partial charge in [-0.15, -0.1) is 0 Å². The van der Waals surface area contributed by atoms with Crippen LogP contribution in [-0.4, -0.2) is 13.2 Å². The first-order chi connectivity index (χ1) is 10.3. The van der Waals surface area contributed by atoms with Crippen molar-refractivity contribution in [2.24, 2.45) is 0 Å². The van der Waals surface area contributed by atoms with Crippen molar-refractivity contribution < 1.29 is 4.74 Å². The molecule has 1 aliphatic rings. The maximum Gasteiger partial charge on any atom is 0.0952 e. The fourth-order valence-corrected chi connectivity index (χ4v) is 3.17. The Balaban J connectivity index is 1.67. The van der Waals surface area contributed by atoms with E-state index >= 15 is 0 Å². The zero-order valence-corrected chi connectivity index (χ0v) is 12.9. The summed E-state index contributed by atoms with van der Waals surface area (Å²) >= 11 is 6.25. The molecule has 1 heterocycles. The van der Waals surface area contributed by atoms with Crippen LogP contribution in [0.4, 0.5) is 0 Å². The zero-order valence-electron chi connectivity index (χ0n) is 12.2. The van der Waals surface area contributed by atoms with E-state index in [2.05, 4.69) is 42.6 Å². The van der Waals surface area contributed by atoms with Crippen molar-refractivity contribution in [1.82, 2.24) is 5.32 Å².